The number of hydrogen-bond acceptors (Lipinski definition) is 4. The maximum absolute atomic E-state index is 10.3. The SMILES string of the molecule is COc1ccc([C@@H](CC2CC2)N2CCNCC2)c(O)c1. The lowest BCUT2D eigenvalue weighted by Crippen LogP contribution is -2.45. The monoisotopic (exact) mass is 276 g/mol. The highest BCUT2D eigenvalue weighted by Crippen LogP contribution is 2.42. The lowest BCUT2D eigenvalue weighted by atomic mass is 9.97. The third kappa shape index (κ3) is 3.07. The van der Waals surface area contributed by atoms with E-state index in [-0.39, 0.29) is 0 Å². The number of methoxy groups -OCH3 is 1. The summed E-state index contributed by atoms with van der Waals surface area (Å²) in [6.07, 6.45) is 3.86. The zero-order valence-electron chi connectivity index (χ0n) is 12.1. The Kier molecular flexibility index (Phi) is 4.13. The summed E-state index contributed by atoms with van der Waals surface area (Å²) in [5.41, 5.74) is 1.06. The number of benzene rings is 1. The molecule has 2 fully saturated rings. The van der Waals surface area contributed by atoms with Crippen molar-refractivity contribution in [1.29, 1.82) is 0 Å². The summed E-state index contributed by atoms with van der Waals surface area (Å²) >= 11 is 0. The second kappa shape index (κ2) is 6.02. The molecule has 1 aliphatic carbocycles. The molecule has 2 N–H and O–H groups in total. The highest BCUT2D eigenvalue weighted by molar-refractivity contribution is 5.41. The van der Waals surface area contributed by atoms with Crippen molar-refractivity contribution in [3.05, 3.63) is 23.8 Å². The Morgan fingerprint density at radius 2 is 2.10 bits per heavy atom. The quantitative estimate of drug-likeness (QED) is 0.865. The van der Waals surface area contributed by atoms with Crippen molar-refractivity contribution in [3.8, 4) is 11.5 Å². The van der Waals surface area contributed by atoms with Crippen LogP contribution >= 0.6 is 0 Å². The first-order valence-electron chi connectivity index (χ1n) is 7.59. The number of rotatable bonds is 5. The molecule has 0 spiro atoms. The average Bonchev–Trinajstić information content (AvgIpc) is 3.30. The van der Waals surface area contributed by atoms with Gasteiger partial charge in [0.2, 0.25) is 0 Å². The highest BCUT2D eigenvalue weighted by atomic mass is 16.5. The Balaban J connectivity index is 1.83. The highest BCUT2D eigenvalue weighted by Gasteiger charge is 2.31. The van der Waals surface area contributed by atoms with E-state index in [0.717, 1.165) is 43.4 Å². The van der Waals surface area contributed by atoms with Crippen LogP contribution < -0.4 is 10.1 Å². The van der Waals surface area contributed by atoms with Crippen LogP contribution in [0.2, 0.25) is 0 Å². The van der Waals surface area contributed by atoms with Gasteiger partial charge in [-0.2, -0.15) is 0 Å². The molecule has 1 saturated carbocycles. The van der Waals surface area contributed by atoms with Gasteiger partial charge in [-0.3, -0.25) is 4.90 Å². The van der Waals surface area contributed by atoms with Gasteiger partial charge in [0.05, 0.1) is 7.11 Å². The molecule has 4 heteroatoms. The summed E-state index contributed by atoms with van der Waals surface area (Å²) in [4.78, 5) is 2.51. The molecule has 0 radical (unpaired) electrons. The number of hydrogen-bond donors (Lipinski definition) is 2. The van der Waals surface area contributed by atoms with Gasteiger partial charge in [-0.1, -0.05) is 18.9 Å². The van der Waals surface area contributed by atoms with Crippen LogP contribution in [0.25, 0.3) is 0 Å². The van der Waals surface area contributed by atoms with Gasteiger partial charge in [0, 0.05) is 43.9 Å². The predicted octanol–water partition coefficient (Wildman–Crippen LogP) is 2.15. The summed E-state index contributed by atoms with van der Waals surface area (Å²) < 4.78 is 5.19. The third-order valence-corrected chi connectivity index (χ3v) is 4.44. The Labute approximate surface area is 120 Å². The van der Waals surface area contributed by atoms with E-state index in [4.69, 9.17) is 4.74 Å². The summed E-state index contributed by atoms with van der Waals surface area (Å²) in [7, 11) is 1.63. The van der Waals surface area contributed by atoms with Gasteiger partial charge in [-0.15, -0.1) is 0 Å². The van der Waals surface area contributed by atoms with E-state index in [1.54, 1.807) is 13.2 Å². The van der Waals surface area contributed by atoms with Gasteiger partial charge >= 0.3 is 0 Å². The maximum Gasteiger partial charge on any atom is 0.124 e. The molecule has 0 unspecified atom stereocenters. The molecule has 20 heavy (non-hydrogen) atoms. The van der Waals surface area contributed by atoms with Crippen molar-refractivity contribution in [2.75, 3.05) is 33.3 Å². The summed E-state index contributed by atoms with van der Waals surface area (Å²) in [5, 5.41) is 13.7. The third-order valence-electron chi connectivity index (χ3n) is 4.44. The molecule has 1 aromatic carbocycles. The standard InChI is InChI=1S/C16H24N2O2/c1-20-13-4-5-14(16(19)11-13)15(10-12-2-3-12)18-8-6-17-7-9-18/h4-5,11-12,15,17,19H,2-3,6-10H2,1H3/t15-/m1/s1. The van der Waals surface area contributed by atoms with E-state index < -0.39 is 0 Å². The van der Waals surface area contributed by atoms with Crippen LogP contribution in [0.1, 0.15) is 30.9 Å². The predicted molar refractivity (Wildman–Crippen MR) is 79.2 cm³/mol. The number of piperazine rings is 1. The van der Waals surface area contributed by atoms with E-state index in [9.17, 15) is 5.11 Å². The van der Waals surface area contributed by atoms with Gasteiger partial charge in [0.25, 0.3) is 0 Å². The number of nitrogens with zero attached hydrogens (tertiary/aromatic N) is 1. The van der Waals surface area contributed by atoms with Crippen molar-refractivity contribution in [2.45, 2.75) is 25.3 Å². The lowest BCUT2D eigenvalue weighted by Gasteiger charge is -2.35. The average molecular weight is 276 g/mol. The Morgan fingerprint density at radius 3 is 2.70 bits per heavy atom. The zero-order valence-corrected chi connectivity index (χ0v) is 12.1. The van der Waals surface area contributed by atoms with E-state index in [2.05, 4.69) is 10.2 Å². The topological polar surface area (TPSA) is 44.7 Å². The fraction of sp³-hybridized carbons (Fsp3) is 0.625. The van der Waals surface area contributed by atoms with Gasteiger partial charge in [0.15, 0.2) is 0 Å². The van der Waals surface area contributed by atoms with Crippen LogP contribution in [-0.4, -0.2) is 43.3 Å². The zero-order chi connectivity index (χ0) is 13.9. The molecule has 1 heterocycles. The van der Waals surface area contributed by atoms with Crippen molar-refractivity contribution in [2.24, 2.45) is 5.92 Å². The van der Waals surface area contributed by atoms with E-state index in [0.29, 0.717) is 11.8 Å². The Bertz CT molecular complexity index is 454. The minimum absolute atomic E-state index is 0.343. The van der Waals surface area contributed by atoms with Crippen LogP contribution in [0.15, 0.2) is 18.2 Å². The first kappa shape index (κ1) is 13.7. The van der Waals surface area contributed by atoms with E-state index in [1.807, 2.05) is 12.1 Å². The molecule has 110 valence electrons. The molecule has 0 aromatic heterocycles. The molecule has 1 aromatic rings. The molecule has 0 amide bonds. The van der Waals surface area contributed by atoms with Crippen LogP contribution in [0.5, 0.6) is 11.5 Å². The Morgan fingerprint density at radius 1 is 1.35 bits per heavy atom. The van der Waals surface area contributed by atoms with E-state index in [1.165, 1.54) is 19.3 Å². The van der Waals surface area contributed by atoms with Crippen LogP contribution in [-0.2, 0) is 0 Å². The fourth-order valence-electron chi connectivity index (χ4n) is 3.07. The summed E-state index contributed by atoms with van der Waals surface area (Å²) in [6.45, 7) is 4.20. The molecule has 4 nitrogen and oxygen atoms in total. The molecule has 3 rings (SSSR count). The number of ether oxygens (including phenoxy) is 1. The first-order chi connectivity index (χ1) is 9.78. The molecule has 1 saturated heterocycles. The molecular weight excluding hydrogens is 252 g/mol. The Hall–Kier alpha value is -1.26. The largest absolute Gasteiger partial charge is 0.507 e. The second-order valence-corrected chi connectivity index (χ2v) is 5.91. The van der Waals surface area contributed by atoms with Crippen molar-refractivity contribution >= 4 is 0 Å². The minimum atomic E-state index is 0.343. The number of phenols is 1. The lowest BCUT2D eigenvalue weighted by molar-refractivity contribution is 0.158. The van der Waals surface area contributed by atoms with Crippen molar-refractivity contribution < 1.29 is 9.84 Å². The first-order valence-corrected chi connectivity index (χ1v) is 7.59. The molecule has 0 bridgehead atoms. The van der Waals surface area contributed by atoms with Gasteiger partial charge in [-0.05, 0) is 18.4 Å². The molecular formula is C16H24N2O2. The van der Waals surface area contributed by atoms with Gasteiger partial charge in [0.1, 0.15) is 11.5 Å². The number of phenolic OH excluding ortho intramolecular Hbond substituents is 1. The summed E-state index contributed by atoms with van der Waals surface area (Å²) in [5.74, 6) is 1.93. The number of nitrogens with one attached hydrogen (secondary N) is 1. The second-order valence-electron chi connectivity index (χ2n) is 5.91. The number of aromatic hydroxyl groups is 1. The summed E-state index contributed by atoms with van der Waals surface area (Å²) in [6, 6.07) is 6.06. The fourth-order valence-corrected chi connectivity index (χ4v) is 3.07. The normalized spacial score (nSPS) is 21.6. The van der Waals surface area contributed by atoms with Crippen LogP contribution in [0, 0.1) is 5.92 Å². The van der Waals surface area contributed by atoms with Gasteiger partial charge in [-0.25, -0.2) is 0 Å². The maximum atomic E-state index is 10.3. The van der Waals surface area contributed by atoms with Crippen LogP contribution in [0.4, 0.5) is 0 Å². The smallest absolute Gasteiger partial charge is 0.124 e. The molecule has 1 atom stereocenters. The van der Waals surface area contributed by atoms with Crippen molar-refractivity contribution in [1.82, 2.24) is 10.2 Å². The van der Waals surface area contributed by atoms with Crippen LogP contribution in [0.3, 0.4) is 0 Å². The van der Waals surface area contributed by atoms with E-state index >= 15 is 0 Å². The molecule has 2 aliphatic rings. The minimum Gasteiger partial charge on any atom is -0.507 e. The van der Waals surface area contributed by atoms with Crippen molar-refractivity contribution in [3.63, 3.8) is 0 Å². The van der Waals surface area contributed by atoms with Gasteiger partial charge < -0.3 is 15.2 Å². The molecule has 1 aliphatic heterocycles.